The summed E-state index contributed by atoms with van der Waals surface area (Å²) in [5, 5.41) is 8.23. The van der Waals surface area contributed by atoms with E-state index in [4.69, 9.17) is 0 Å². The highest BCUT2D eigenvalue weighted by molar-refractivity contribution is 9.10. The van der Waals surface area contributed by atoms with Crippen LogP contribution in [0.5, 0.6) is 0 Å². The molecule has 0 aliphatic heterocycles. The summed E-state index contributed by atoms with van der Waals surface area (Å²) in [6, 6.07) is 18.1. The zero-order valence-corrected chi connectivity index (χ0v) is 17.5. The summed E-state index contributed by atoms with van der Waals surface area (Å²) in [6.07, 6.45) is 2.21. The monoisotopic (exact) mass is 444 g/mol. The molecular formula is C20H21BrN4OS. The highest BCUT2D eigenvalue weighted by Crippen LogP contribution is 2.33. The van der Waals surface area contributed by atoms with Crippen molar-refractivity contribution in [3.05, 3.63) is 64.9 Å². The number of hydrogen-bond donors (Lipinski definition) is 1. The first-order chi connectivity index (χ1) is 13.2. The van der Waals surface area contributed by atoms with Crippen molar-refractivity contribution >= 4 is 39.3 Å². The lowest BCUT2D eigenvalue weighted by Crippen LogP contribution is -2.11. The van der Waals surface area contributed by atoms with Crippen LogP contribution in [0, 0.1) is 0 Å². The molecule has 0 aliphatic carbocycles. The van der Waals surface area contributed by atoms with Gasteiger partial charge in [0.2, 0.25) is 10.6 Å². The van der Waals surface area contributed by atoms with Crippen molar-refractivity contribution in [3.8, 4) is 0 Å². The van der Waals surface area contributed by atoms with Crippen LogP contribution in [0.4, 0.5) is 5.69 Å². The van der Waals surface area contributed by atoms with Crippen molar-refractivity contribution in [2.24, 2.45) is 0 Å². The van der Waals surface area contributed by atoms with Crippen LogP contribution in [-0.4, -0.2) is 20.7 Å². The number of hydrogen-bond acceptors (Lipinski definition) is 4. The van der Waals surface area contributed by atoms with E-state index in [-0.39, 0.29) is 5.91 Å². The van der Waals surface area contributed by atoms with Gasteiger partial charge in [0.15, 0.2) is 5.16 Å². The van der Waals surface area contributed by atoms with E-state index < -0.39 is 0 Å². The molecule has 3 rings (SSSR count). The molecule has 7 heteroatoms. The zero-order valence-electron chi connectivity index (χ0n) is 15.1. The van der Waals surface area contributed by atoms with Gasteiger partial charge in [-0.05, 0) is 58.2 Å². The molecule has 2 aromatic carbocycles. The lowest BCUT2D eigenvalue weighted by atomic mass is 10.2. The molecule has 3 aromatic rings. The minimum Gasteiger partial charge on any atom is -0.325 e. The fourth-order valence-corrected chi connectivity index (χ4v) is 4.02. The van der Waals surface area contributed by atoms with Crippen molar-refractivity contribution in [2.75, 3.05) is 5.32 Å². The average Bonchev–Trinajstić information content (AvgIpc) is 3.02. The molecule has 0 bridgehead atoms. The molecule has 1 aromatic heterocycles. The summed E-state index contributed by atoms with van der Waals surface area (Å²) in [7, 11) is 0. The predicted molar refractivity (Wildman–Crippen MR) is 112 cm³/mol. The van der Waals surface area contributed by atoms with Gasteiger partial charge in [0.05, 0.1) is 5.69 Å². The largest absolute Gasteiger partial charge is 0.325 e. The van der Waals surface area contributed by atoms with E-state index in [1.54, 1.807) is 0 Å². The van der Waals surface area contributed by atoms with Crippen LogP contribution < -0.4 is 5.32 Å². The number of amides is 1. The molecule has 0 aliphatic rings. The van der Waals surface area contributed by atoms with E-state index in [1.807, 2.05) is 54.1 Å². The number of para-hydroxylation sites is 1. The van der Waals surface area contributed by atoms with Gasteiger partial charge in [-0.15, -0.1) is 5.10 Å². The fraction of sp³-hybridized carbons (Fsp3) is 0.250. The smallest absolute Gasteiger partial charge is 0.224 e. The van der Waals surface area contributed by atoms with E-state index in [9.17, 15) is 4.79 Å². The summed E-state index contributed by atoms with van der Waals surface area (Å²) in [5.74, 6) is 0.0253. The topological polar surface area (TPSA) is 59.8 Å². The lowest BCUT2D eigenvalue weighted by Gasteiger charge is -2.11. The van der Waals surface area contributed by atoms with Crippen LogP contribution in [-0.2, 0) is 17.8 Å². The Labute approximate surface area is 171 Å². The predicted octanol–water partition coefficient (Wildman–Crippen LogP) is 5.17. The van der Waals surface area contributed by atoms with Gasteiger partial charge in [-0.1, -0.05) is 49.4 Å². The van der Waals surface area contributed by atoms with Gasteiger partial charge in [-0.3, -0.25) is 4.79 Å². The number of rotatable bonds is 8. The van der Waals surface area contributed by atoms with Crippen molar-refractivity contribution in [3.63, 3.8) is 0 Å². The maximum absolute atomic E-state index is 12.0. The zero-order chi connectivity index (χ0) is 19.1. The first kappa shape index (κ1) is 19.6. The van der Waals surface area contributed by atoms with Crippen LogP contribution >= 0.6 is 27.7 Å². The Hall–Kier alpha value is -2.12. The molecule has 1 heterocycles. The van der Waals surface area contributed by atoms with E-state index in [0.29, 0.717) is 11.2 Å². The van der Waals surface area contributed by atoms with E-state index in [1.165, 1.54) is 17.3 Å². The fourth-order valence-electron chi connectivity index (χ4n) is 2.60. The third-order valence-electron chi connectivity index (χ3n) is 3.91. The Balaban J connectivity index is 1.75. The summed E-state index contributed by atoms with van der Waals surface area (Å²) in [5.41, 5.74) is 2.06. The molecule has 0 fully saturated rings. The minimum atomic E-state index is 0.0253. The standard InChI is InChI=1S/C20H21BrN4OS/c1-2-8-18(26)22-16-11-6-7-12-17(16)27-20-23-19(21)24-25(20)14-13-15-9-4-3-5-10-15/h3-7,9-12H,2,8,13-14H2,1H3,(H,22,26). The van der Waals surface area contributed by atoms with E-state index in [2.05, 4.69) is 43.5 Å². The van der Waals surface area contributed by atoms with E-state index >= 15 is 0 Å². The van der Waals surface area contributed by atoms with Crippen LogP contribution in [0.15, 0.2) is 69.4 Å². The maximum atomic E-state index is 12.0. The van der Waals surface area contributed by atoms with Gasteiger partial charge in [0.25, 0.3) is 0 Å². The number of carbonyl (C=O) groups excluding carboxylic acids is 1. The number of aryl methyl sites for hydroxylation is 2. The van der Waals surface area contributed by atoms with Crippen molar-refractivity contribution < 1.29 is 4.79 Å². The molecule has 1 amide bonds. The Morgan fingerprint density at radius 3 is 2.67 bits per heavy atom. The van der Waals surface area contributed by atoms with Gasteiger partial charge in [0.1, 0.15) is 0 Å². The van der Waals surface area contributed by atoms with Crippen molar-refractivity contribution in [1.29, 1.82) is 0 Å². The number of carbonyl (C=O) groups is 1. The first-order valence-corrected chi connectivity index (χ1v) is 10.5. The second-order valence-electron chi connectivity index (χ2n) is 6.02. The summed E-state index contributed by atoms with van der Waals surface area (Å²) in [4.78, 5) is 17.4. The second kappa shape index (κ2) is 9.71. The molecule has 0 spiro atoms. The number of benzene rings is 2. The average molecular weight is 445 g/mol. The number of nitrogens with one attached hydrogen (secondary N) is 1. The molecule has 0 saturated carbocycles. The normalized spacial score (nSPS) is 10.7. The van der Waals surface area contributed by atoms with Crippen LogP contribution in [0.25, 0.3) is 0 Å². The van der Waals surface area contributed by atoms with E-state index in [0.717, 1.165) is 35.1 Å². The molecule has 5 nitrogen and oxygen atoms in total. The van der Waals surface area contributed by atoms with Gasteiger partial charge >= 0.3 is 0 Å². The number of anilines is 1. The number of aromatic nitrogens is 3. The van der Waals surface area contributed by atoms with Crippen LogP contribution in [0.2, 0.25) is 0 Å². The quantitative estimate of drug-likeness (QED) is 0.520. The molecule has 140 valence electrons. The molecule has 0 saturated heterocycles. The summed E-state index contributed by atoms with van der Waals surface area (Å²) >= 11 is 4.88. The van der Waals surface area contributed by atoms with Gasteiger partial charge in [-0.2, -0.15) is 4.98 Å². The van der Waals surface area contributed by atoms with Gasteiger partial charge in [-0.25, -0.2) is 4.68 Å². The molecule has 0 radical (unpaired) electrons. The Kier molecular flexibility index (Phi) is 7.06. The number of nitrogens with zero attached hydrogens (tertiary/aromatic N) is 3. The third-order valence-corrected chi connectivity index (χ3v) is 5.30. The summed E-state index contributed by atoms with van der Waals surface area (Å²) in [6.45, 7) is 2.72. The van der Waals surface area contributed by atoms with Crippen molar-refractivity contribution in [1.82, 2.24) is 14.8 Å². The minimum absolute atomic E-state index is 0.0253. The molecule has 1 N–H and O–H groups in total. The second-order valence-corrected chi connectivity index (χ2v) is 7.74. The van der Waals surface area contributed by atoms with Crippen LogP contribution in [0.3, 0.4) is 0 Å². The summed E-state index contributed by atoms with van der Waals surface area (Å²) < 4.78 is 2.46. The number of halogens is 1. The molecule has 0 atom stereocenters. The van der Waals surface area contributed by atoms with Crippen LogP contribution in [0.1, 0.15) is 25.3 Å². The first-order valence-electron chi connectivity index (χ1n) is 8.86. The van der Waals surface area contributed by atoms with Gasteiger partial charge in [0, 0.05) is 17.9 Å². The van der Waals surface area contributed by atoms with Gasteiger partial charge < -0.3 is 5.32 Å². The Bertz CT molecular complexity index is 898. The maximum Gasteiger partial charge on any atom is 0.224 e. The Morgan fingerprint density at radius 2 is 1.89 bits per heavy atom. The molecular weight excluding hydrogens is 424 g/mol. The Morgan fingerprint density at radius 1 is 1.15 bits per heavy atom. The molecule has 0 unspecified atom stereocenters. The lowest BCUT2D eigenvalue weighted by molar-refractivity contribution is -0.116. The van der Waals surface area contributed by atoms with Crippen molar-refractivity contribution in [2.45, 2.75) is 42.8 Å². The molecule has 27 heavy (non-hydrogen) atoms. The highest BCUT2D eigenvalue weighted by Gasteiger charge is 2.13. The highest BCUT2D eigenvalue weighted by atomic mass is 79.9. The SMILES string of the molecule is CCCC(=O)Nc1ccccc1Sc1nc(Br)nn1CCc1ccccc1. The third kappa shape index (κ3) is 5.68.